The molecular formula is C15H16O3S. The number of benzene rings is 2. The van der Waals surface area contributed by atoms with E-state index in [0.717, 1.165) is 5.56 Å². The van der Waals surface area contributed by atoms with Gasteiger partial charge in [-0.1, -0.05) is 29.3 Å². The first kappa shape index (κ1) is 13.8. The van der Waals surface area contributed by atoms with Gasteiger partial charge in [0, 0.05) is 0 Å². The summed E-state index contributed by atoms with van der Waals surface area (Å²) in [4.78, 5) is 0.374. The molecule has 0 fully saturated rings. The molecule has 2 aromatic carbocycles. The van der Waals surface area contributed by atoms with Gasteiger partial charge in [0.25, 0.3) is 0 Å². The van der Waals surface area contributed by atoms with E-state index in [-0.39, 0.29) is 0 Å². The predicted molar refractivity (Wildman–Crippen MR) is 75.7 cm³/mol. The molecule has 2 aromatic rings. The molecule has 19 heavy (non-hydrogen) atoms. The van der Waals surface area contributed by atoms with Crippen LogP contribution in [-0.4, -0.2) is 8.76 Å². The third-order valence-electron chi connectivity index (χ3n) is 2.71. The molecule has 1 unspecified atom stereocenters. The Morgan fingerprint density at radius 2 is 1.63 bits per heavy atom. The Balaban J connectivity index is 2.03. The summed E-state index contributed by atoms with van der Waals surface area (Å²) in [6.45, 7) is 4.60. The molecule has 1 atom stereocenters. The van der Waals surface area contributed by atoms with Gasteiger partial charge in [-0.2, -0.15) is 0 Å². The molecule has 0 aromatic heterocycles. The van der Waals surface area contributed by atoms with Gasteiger partial charge in [-0.3, -0.25) is 0 Å². The van der Waals surface area contributed by atoms with Crippen LogP contribution in [0.4, 0.5) is 0 Å². The highest BCUT2D eigenvalue weighted by atomic mass is 32.2. The van der Waals surface area contributed by atoms with Crippen molar-refractivity contribution in [1.29, 1.82) is 0 Å². The predicted octanol–water partition coefficient (Wildman–Crippen LogP) is 3.46. The molecule has 0 spiro atoms. The highest BCUT2D eigenvalue weighted by molar-refractivity contribution is 7.79. The minimum atomic E-state index is -1.94. The Morgan fingerprint density at radius 1 is 1.05 bits per heavy atom. The van der Waals surface area contributed by atoms with Crippen LogP contribution in [0, 0.1) is 13.8 Å². The van der Waals surface area contributed by atoms with Crippen LogP contribution in [0.1, 0.15) is 16.7 Å². The lowest BCUT2D eigenvalue weighted by atomic mass is 10.1. The molecule has 0 saturated carbocycles. The van der Waals surface area contributed by atoms with E-state index in [1.165, 1.54) is 11.1 Å². The van der Waals surface area contributed by atoms with Gasteiger partial charge in [-0.15, -0.1) is 0 Å². The van der Waals surface area contributed by atoms with Crippen molar-refractivity contribution < 1.29 is 13.5 Å². The third kappa shape index (κ3) is 3.91. The van der Waals surface area contributed by atoms with Crippen molar-refractivity contribution in [2.45, 2.75) is 25.3 Å². The summed E-state index contributed by atoms with van der Waals surface area (Å²) in [7, 11) is 0. The molecule has 0 heterocycles. The summed E-state index contributed by atoms with van der Waals surface area (Å²) in [5.41, 5.74) is 3.54. The lowest BCUT2D eigenvalue weighted by Gasteiger charge is -2.08. The zero-order chi connectivity index (χ0) is 13.8. The Kier molecular flexibility index (Phi) is 4.35. The van der Waals surface area contributed by atoms with Crippen molar-refractivity contribution >= 4 is 11.1 Å². The van der Waals surface area contributed by atoms with E-state index >= 15 is 0 Å². The largest absolute Gasteiger partial charge is 0.489 e. The molecule has 0 aliphatic heterocycles. The standard InChI is InChI=1S/C15H16O3S/c1-11-7-12(2)9-13(8-11)10-18-14-3-5-15(6-4-14)19(16)17/h3-9H,10H2,1-2H3,(H,16,17). The molecule has 0 bridgehead atoms. The second kappa shape index (κ2) is 5.99. The summed E-state index contributed by atoms with van der Waals surface area (Å²) in [6, 6.07) is 12.9. The van der Waals surface area contributed by atoms with E-state index in [9.17, 15) is 4.21 Å². The fourth-order valence-corrected chi connectivity index (χ4v) is 2.34. The molecule has 0 saturated heterocycles. The van der Waals surface area contributed by atoms with Crippen LogP contribution in [0.5, 0.6) is 5.75 Å². The van der Waals surface area contributed by atoms with Crippen LogP contribution in [0.15, 0.2) is 47.4 Å². The number of aryl methyl sites for hydroxylation is 2. The van der Waals surface area contributed by atoms with E-state index in [2.05, 4.69) is 32.0 Å². The lowest BCUT2D eigenvalue weighted by Crippen LogP contribution is -1.97. The maximum atomic E-state index is 10.8. The average molecular weight is 276 g/mol. The highest BCUT2D eigenvalue weighted by Gasteiger charge is 2.01. The Labute approximate surface area is 115 Å². The zero-order valence-corrected chi connectivity index (χ0v) is 11.7. The van der Waals surface area contributed by atoms with Crippen LogP contribution in [0.25, 0.3) is 0 Å². The summed E-state index contributed by atoms with van der Waals surface area (Å²) < 4.78 is 25.4. The first-order valence-corrected chi connectivity index (χ1v) is 7.06. The number of ether oxygens (including phenoxy) is 1. The van der Waals surface area contributed by atoms with Gasteiger partial charge in [-0.05, 0) is 43.7 Å². The van der Waals surface area contributed by atoms with Crippen molar-refractivity contribution in [2.24, 2.45) is 0 Å². The van der Waals surface area contributed by atoms with Gasteiger partial charge in [0.15, 0.2) is 11.1 Å². The summed E-state index contributed by atoms with van der Waals surface area (Å²) in [5.74, 6) is 0.688. The topological polar surface area (TPSA) is 46.5 Å². The van der Waals surface area contributed by atoms with Crippen molar-refractivity contribution in [3.63, 3.8) is 0 Å². The minimum Gasteiger partial charge on any atom is -0.489 e. The molecule has 2 rings (SSSR count). The summed E-state index contributed by atoms with van der Waals surface area (Å²) >= 11 is -1.94. The van der Waals surface area contributed by atoms with Crippen LogP contribution < -0.4 is 4.74 Å². The normalized spacial score (nSPS) is 12.2. The SMILES string of the molecule is Cc1cc(C)cc(COc2ccc(S(=O)O)cc2)c1. The van der Waals surface area contributed by atoms with Gasteiger partial charge in [-0.25, -0.2) is 4.21 Å². The Hall–Kier alpha value is -1.65. The lowest BCUT2D eigenvalue weighted by molar-refractivity contribution is 0.306. The molecule has 1 N–H and O–H groups in total. The Morgan fingerprint density at radius 3 is 2.16 bits per heavy atom. The number of hydrogen-bond acceptors (Lipinski definition) is 2. The van der Waals surface area contributed by atoms with Gasteiger partial charge in [0.1, 0.15) is 12.4 Å². The molecule has 0 radical (unpaired) electrons. The fourth-order valence-electron chi connectivity index (χ4n) is 1.97. The van der Waals surface area contributed by atoms with Crippen LogP contribution in [0.3, 0.4) is 0 Å². The van der Waals surface area contributed by atoms with Crippen LogP contribution in [0.2, 0.25) is 0 Å². The molecular weight excluding hydrogens is 260 g/mol. The Bertz CT molecular complexity index is 571. The van der Waals surface area contributed by atoms with Gasteiger partial charge < -0.3 is 9.29 Å². The average Bonchev–Trinajstić information content (AvgIpc) is 2.36. The molecule has 0 amide bonds. The van der Waals surface area contributed by atoms with Crippen molar-refractivity contribution in [3.8, 4) is 5.75 Å². The first-order valence-electron chi connectivity index (χ1n) is 5.95. The van der Waals surface area contributed by atoms with Gasteiger partial charge in [0.05, 0.1) is 4.90 Å². The molecule has 4 heteroatoms. The second-order valence-corrected chi connectivity index (χ2v) is 5.47. The molecule has 100 valence electrons. The van der Waals surface area contributed by atoms with E-state index in [1.807, 2.05) is 0 Å². The van der Waals surface area contributed by atoms with Crippen molar-refractivity contribution in [3.05, 3.63) is 59.2 Å². The number of rotatable bonds is 4. The summed E-state index contributed by atoms with van der Waals surface area (Å²) in [5, 5.41) is 0. The number of hydrogen-bond donors (Lipinski definition) is 1. The monoisotopic (exact) mass is 276 g/mol. The quantitative estimate of drug-likeness (QED) is 0.870. The summed E-state index contributed by atoms with van der Waals surface area (Å²) in [6.07, 6.45) is 0. The molecule has 0 aliphatic carbocycles. The van der Waals surface area contributed by atoms with E-state index in [4.69, 9.17) is 9.29 Å². The van der Waals surface area contributed by atoms with Gasteiger partial charge in [0.2, 0.25) is 0 Å². The molecule has 0 aliphatic rings. The van der Waals surface area contributed by atoms with E-state index in [1.54, 1.807) is 24.3 Å². The second-order valence-electron chi connectivity index (χ2n) is 4.51. The van der Waals surface area contributed by atoms with Crippen molar-refractivity contribution in [2.75, 3.05) is 0 Å². The third-order valence-corrected chi connectivity index (χ3v) is 3.39. The minimum absolute atomic E-state index is 0.374. The maximum absolute atomic E-state index is 10.8. The van der Waals surface area contributed by atoms with Crippen molar-refractivity contribution in [1.82, 2.24) is 0 Å². The smallest absolute Gasteiger partial charge is 0.186 e. The van der Waals surface area contributed by atoms with Gasteiger partial charge >= 0.3 is 0 Å². The fraction of sp³-hybridized carbons (Fsp3) is 0.200. The van der Waals surface area contributed by atoms with E-state index in [0.29, 0.717) is 17.3 Å². The highest BCUT2D eigenvalue weighted by Crippen LogP contribution is 2.16. The van der Waals surface area contributed by atoms with E-state index < -0.39 is 11.1 Å². The molecule has 3 nitrogen and oxygen atoms in total. The van der Waals surface area contributed by atoms with Crippen LogP contribution >= 0.6 is 0 Å². The van der Waals surface area contributed by atoms with Crippen LogP contribution in [-0.2, 0) is 17.7 Å². The zero-order valence-electron chi connectivity index (χ0n) is 10.9. The first-order chi connectivity index (χ1) is 9.04. The maximum Gasteiger partial charge on any atom is 0.186 e.